The number of fused-ring (bicyclic) bond motifs is 9. The Kier molecular flexibility index (Phi) is 4.74. The van der Waals surface area contributed by atoms with Gasteiger partial charge in [-0.15, -0.1) is 11.8 Å². The highest BCUT2D eigenvalue weighted by Crippen LogP contribution is 2.68. The highest BCUT2D eigenvalue weighted by molar-refractivity contribution is 8.00. The van der Waals surface area contributed by atoms with Crippen molar-refractivity contribution in [3.8, 4) is 5.75 Å². The lowest BCUT2D eigenvalue weighted by molar-refractivity contribution is -0.142. The second-order valence-corrected chi connectivity index (χ2v) is 11.4. The first-order chi connectivity index (χ1) is 15.9. The number of carbonyl (C=O) groups is 3. The van der Waals surface area contributed by atoms with Crippen molar-refractivity contribution in [2.24, 2.45) is 29.6 Å². The van der Waals surface area contributed by atoms with Crippen LogP contribution in [0.5, 0.6) is 5.75 Å². The van der Waals surface area contributed by atoms with E-state index in [0.717, 1.165) is 27.6 Å². The van der Waals surface area contributed by atoms with Gasteiger partial charge in [0.25, 0.3) is 0 Å². The van der Waals surface area contributed by atoms with E-state index < -0.39 is 11.9 Å². The first-order valence-corrected chi connectivity index (χ1v) is 12.7. The molecule has 6 rings (SSSR count). The zero-order chi connectivity index (χ0) is 23.0. The van der Waals surface area contributed by atoms with E-state index in [-0.39, 0.29) is 64.5 Å². The summed E-state index contributed by atoms with van der Waals surface area (Å²) in [7, 11) is 1.62. The number of carboxylic acid groups (broad SMARTS) is 1. The summed E-state index contributed by atoms with van der Waals surface area (Å²) < 4.78 is 5.31. The first kappa shape index (κ1) is 21.0. The molecule has 2 saturated carbocycles. The van der Waals surface area contributed by atoms with Crippen molar-refractivity contribution in [2.75, 3.05) is 13.7 Å². The van der Waals surface area contributed by atoms with Gasteiger partial charge >= 0.3 is 10.8 Å². The van der Waals surface area contributed by atoms with Crippen LogP contribution in [-0.2, 0) is 14.4 Å². The highest BCUT2D eigenvalue weighted by Gasteiger charge is 2.69. The number of likely N-dealkylation sites (tertiary alicyclic amines) is 1. The Hall–Kier alpha value is -2.59. The summed E-state index contributed by atoms with van der Waals surface area (Å²) >= 11 is 2.87. The lowest BCUT2D eigenvalue weighted by atomic mass is 9.68. The quantitative estimate of drug-likeness (QED) is 0.623. The van der Waals surface area contributed by atoms with E-state index in [1.165, 1.54) is 16.2 Å². The van der Waals surface area contributed by atoms with E-state index >= 15 is 0 Å². The number of hydrogen-bond acceptors (Lipinski definition) is 7. The largest absolute Gasteiger partial charge is 0.497 e. The molecule has 0 spiro atoms. The number of benzene rings is 1. The van der Waals surface area contributed by atoms with Gasteiger partial charge in [0, 0.05) is 22.6 Å². The first-order valence-electron chi connectivity index (χ1n) is 11.0. The minimum atomic E-state index is -1.02. The van der Waals surface area contributed by atoms with Gasteiger partial charge in [-0.1, -0.05) is 23.5 Å². The number of methoxy groups -OCH3 is 1. The molecule has 1 saturated heterocycles. The summed E-state index contributed by atoms with van der Waals surface area (Å²) in [5.74, 6) is -1.32. The van der Waals surface area contributed by atoms with Gasteiger partial charge < -0.3 is 14.8 Å². The summed E-state index contributed by atoms with van der Waals surface area (Å²) in [4.78, 5) is 54.9. The summed E-state index contributed by atoms with van der Waals surface area (Å²) in [5, 5.41) is 10.0. The van der Waals surface area contributed by atoms with E-state index in [1.54, 1.807) is 18.9 Å². The van der Waals surface area contributed by atoms with Gasteiger partial charge in [0.05, 0.1) is 30.4 Å². The van der Waals surface area contributed by atoms with Gasteiger partial charge in [0.1, 0.15) is 5.75 Å². The Bertz CT molecular complexity index is 1220. The normalized spacial score (nSPS) is 33.7. The zero-order valence-electron chi connectivity index (χ0n) is 17.7. The molecule has 2 aromatic rings. The van der Waals surface area contributed by atoms with Crippen LogP contribution in [-0.4, -0.2) is 51.7 Å². The molecule has 7 atom stereocenters. The number of nitrogens with zero attached hydrogens (tertiary/aromatic N) is 1. The Morgan fingerprint density at radius 1 is 1.15 bits per heavy atom. The van der Waals surface area contributed by atoms with E-state index in [9.17, 15) is 19.2 Å². The van der Waals surface area contributed by atoms with Crippen LogP contribution in [0.25, 0.3) is 0 Å². The van der Waals surface area contributed by atoms with Gasteiger partial charge in [-0.25, -0.2) is 0 Å². The molecule has 2 aliphatic heterocycles. The number of ether oxygens (including phenoxy) is 1. The third-order valence-corrected chi connectivity index (χ3v) is 10.4. The average molecular weight is 487 g/mol. The van der Waals surface area contributed by atoms with E-state index in [4.69, 9.17) is 9.84 Å². The molecule has 0 unspecified atom stereocenters. The second-order valence-electron chi connectivity index (χ2n) is 9.21. The molecule has 10 heteroatoms. The van der Waals surface area contributed by atoms with Crippen molar-refractivity contribution >= 4 is 40.9 Å². The van der Waals surface area contributed by atoms with Gasteiger partial charge in [-0.3, -0.25) is 24.1 Å². The fourth-order valence-electron chi connectivity index (χ4n) is 6.69. The van der Waals surface area contributed by atoms with Crippen molar-refractivity contribution in [1.82, 2.24) is 9.88 Å². The van der Waals surface area contributed by atoms with Crippen LogP contribution in [0.1, 0.15) is 29.2 Å². The number of aromatic amines is 1. The average Bonchev–Trinajstić information content (AvgIpc) is 3.52. The monoisotopic (exact) mass is 486 g/mol. The van der Waals surface area contributed by atoms with Gasteiger partial charge in [-0.2, -0.15) is 0 Å². The van der Waals surface area contributed by atoms with Gasteiger partial charge in [0.15, 0.2) is 0 Å². The predicted molar refractivity (Wildman–Crippen MR) is 120 cm³/mol. The zero-order valence-corrected chi connectivity index (χ0v) is 19.4. The molecule has 2 amide bonds. The van der Waals surface area contributed by atoms with Crippen molar-refractivity contribution in [3.05, 3.63) is 44.4 Å². The molecule has 172 valence electrons. The number of imide groups is 1. The smallest absolute Gasteiger partial charge is 0.305 e. The third-order valence-electron chi connectivity index (χ3n) is 7.84. The van der Waals surface area contributed by atoms with Crippen LogP contribution in [0.4, 0.5) is 0 Å². The molecule has 2 N–H and O–H groups in total. The number of amides is 2. The van der Waals surface area contributed by atoms with Crippen molar-refractivity contribution in [3.63, 3.8) is 0 Å². The number of thioether (sulfide) groups is 1. The van der Waals surface area contributed by atoms with Crippen molar-refractivity contribution in [1.29, 1.82) is 0 Å². The lowest BCUT2D eigenvalue weighted by Gasteiger charge is -2.43. The number of thiazole rings is 1. The minimum absolute atomic E-state index is 0.0289. The summed E-state index contributed by atoms with van der Waals surface area (Å²) in [5.41, 5.74) is 1.08. The summed E-state index contributed by atoms with van der Waals surface area (Å²) in [6, 6.07) is 7.87. The maximum absolute atomic E-state index is 13.3. The SMILES string of the molecule is COc1ccc([C@@H]2c3sc(=O)[nH]c3S[C@H]3[C@@H]4C[C@H]([C@H]5C(=O)N(CCC(=O)O)C(=O)[C@H]45)[C@H]23)cc1. The second kappa shape index (κ2) is 7.46. The molecule has 4 aliphatic rings. The maximum Gasteiger partial charge on any atom is 0.305 e. The summed E-state index contributed by atoms with van der Waals surface area (Å²) in [6.45, 7) is -0.0650. The summed E-state index contributed by atoms with van der Waals surface area (Å²) in [6.07, 6.45) is 0.578. The molecule has 3 heterocycles. The molecule has 2 bridgehead atoms. The third kappa shape index (κ3) is 2.96. The molecule has 8 nitrogen and oxygen atoms in total. The van der Waals surface area contributed by atoms with Gasteiger partial charge in [0.2, 0.25) is 11.8 Å². The molecule has 33 heavy (non-hydrogen) atoms. The van der Waals surface area contributed by atoms with Crippen LogP contribution >= 0.6 is 23.1 Å². The number of aromatic nitrogens is 1. The topological polar surface area (TPSA) is 117 Å². The lowest BCUT2D eigenvalue weighted by Crippen LogP contribution is -2.42. The fourth-order valence-corrected chi connectivity index (χ4v) is 9.58. The number of rotatable bonds is 5. The molecule has 0 radical (unpaired) electrons. The standard InChI is InChI=1S/C23H22N2O6S2/c1-31-10-4-2-9(3-5-10)14-15-11-8-12(18(15)32-20-19(14)33-23(30)24-20)17-16(11)21(28)25(22(17)29)7-6-13(26)27/h2-5,11-12,14-18H,6-8H2,1H3,(H,24,30)(H,26,27)/t11-,12+,14-,15+,16+,17+,18-/m0/s1. The van der Waals surface area contributed by atoms with E-state index in [0.29, 0.717) is 0 Å². The number of hydrogen-bond donors (Lipinski definition) is 2. The Balaban J connectivity index is 1.40. The minimum Gasteiger partial charge on any atom is -0.497 e. The number of carbonyl (C=O) groups excluding carboxylic acids is 2. The molecular weight excluding hydrogens is 464 g/mol. The Morgan fingerprint density at radius 2 is 1.85 bits per heavy atom. The Labute approximate surface area is 197 Å². The van der Waals surface area contributed by atoms with Crippen molar-refractivity contribution in [2.45, 2.75) is 29.0 Å². The molecular formula is C23H22N2O6S2. The molecule has 1 aromatic heterocycles. The van der Waals surface area contributed by atoms with Gasteiger partial charge in [-0.05, 0) is 41.9 Å². The van der Waals surface area contributed by atoms with Crippen LogP contribution in [0.2, 0.25) is 0 Å². The predicted octanol–water partition coefficient (Wildman–Crippen LogP) is 2.39. The van der Waals surface area contributed by atoms with Crippen LogP contribution in [0.3, 0.4) is 0 Å². The van der Waals surface area contributed by atoms with Crippen molar-refractivity contribution < 1.29 is 24.2 Å². The van der Waals surface area contributed by atoms with E-state index in [2.05, 4.69) is 4.98 Å². The Morgan fingerprint density at radius 3 is 2.52 bits per heavy atom. The van der Waals surface area contributed by atoms with Crippen LogP contribution in [0.15, 0.2) is 34.1 Å². The number of H-pyrrole nitrogens is 1. The number of carboxylic acids is 1. The number of aliphatic carboxylic acids is 1. The molecule has 3 fully saturated rings. The fraction of sp³-hybridized carbons (Fsp3) is 0.478. The van der Waals surface area contributed by atoms with Crippen LogP contribution in [0, 0.1) is 29.6 Å². The maximum atomic E-state index is 13.3. The molecule has 2 aliphatic carbocycles. The number of nitrogens with one attached hydrogen (secondary N) is 1. The molecule has 1 aromatic carbocycles. The van der Waals surface area contributed by atoms with E-state index in [1.807, 2.05) is 24.3 Å². The highest BCUT2D eigenvalue weighted by atomic mass is 32.2. The van der Waals surface area contributed by atoms with Crippen LogP contribution < -0.4 is 9.61 Å².